The molecule has 40 heavy (non-hydrogen) atoms. The van der Waals surface area contributed by atoms with Crippen LogP contribution in [0.15, 0.2) is 150 Å². The highest BCUT2D eigenvalue weighted by Gasteiger charge is 2.34. The lowest BCUT2D eigenvalue weighted by Gasteiger charge is -2.25. The number of carbonyl (C=O) groups is 1. The zero-order valence-electron chi connectivity index (χ0n) is 22.1. The molecule has 5 rings (SSSR count). The number of hydrogen-bond acceptors (Lipinski definition) is 3. The summed E-state index contributed by atoms with van der Waals surface area (Å²) in [4.78, 5) is 16.3. The molecule has 0 N–H and O–H groups in total. The topological polar surface area (TPSA) is 37.4 Å². The molecule has 0 aromatic heterocycles. The van der Waals surface area contributed by atoms with Crippen LogP contribution in [0.5, 0.6) is 0 Å². The maximum absolute atomic E-state index is 14.1. The lowest BCUT2D eigenvalue weighted by molar-refractivity contribution is 0.102. The van der Waals surface area contributed by atoms with Crippen molar-refractivity contribution in [2.75, 3.05) is 10.7 Å². The molecule has 0 saturated heterocycles. The van der Waals surface area contributed by atoms with Crippen LogP contribution in [0.2, 0.25) is 0 Å². The molecule has 0 radical (unpaired) electrons. The summed E-state index contributed by atoms with van der Waals surface area (Å²) in [7, 11) is -2.94. The molecule has 5 aromatic carbocycles. The Hall–Kier alpha value is -4.72. The van der Waals surface area contributed by atoms with E-state index in [1.807, 2.05) is 109 Å². The van der Waals surface area contributed by atoms with Crippen LogP contribution in [0.1, 0.15) is 27.0 Å². The summed E-state index contributed by atoms with van der Waals surface area (Å²) in [5, 5.41) is 2.96. The van der Waals surface area contributed by atoms with Gasteiger partial charge in [-0.3, -0.25) is 4.79 Å². The van der Waals surface area contributed by atoms with Crippen molar-refractivity contribution in [1.82, 2.24) is 0 Å². The predicted octanol–water partition coefficient (Wildman–Crippen LogP) is 7.64. The van der Waals surface area contributed by atoms with E-state index in [-0.39, 0.29) is 11.5 Å². The minimum absolute atomic E-state index is 0.173. The smallest absolute Gasteiger partial charge is 0.213 e. The Labute approximate surface area is 237 Å². The number of Topliss-reactive ketones (excluding diaryl/α,β-unsaturated/α-hetero) is 1. The quantitative estimate of drug-likeness (QED) is 0.110. The van der Waals surface area contributed by atoms with Gasteiger partial charge in [0.25, 0.3) is 0 Å². The summed E-state index contributed by atoms with van der Waals surface area (Å²) in [6, 6.07) is 46.8. The van der Waals surface area contributed by atoms with Crippen LogP contribution in [0, 0.1) is 11.2 Å². The SMILES string of the molecule is O=C(C[S+](=O)(C#Cc1ccccc1)c1ccccc1)c1ccc(N(Cc2ccccc2)Cc2ccccc2)cc1. The average molecular weight is 541 g/mol. The molecule has 0 aliphatic heterocycles. The Kier molecular flexibility index (Phi) is 8.66. The van der Waals surface area contributed by atoms with Gasteiger partial charge < -0.3 is 4.90 Å². The number of carbonyl (C=O) groups excluding carboxylic acids is 1. The van der Waals surface area contributed by atoms with Gasteiger partial charge in [0.1, 0.15) is 0 Å². The Balaban J connectivity index is 1.39. The van der Waals surface area contributed by atoms with Gasteiger partial charge in [0.05, 0.1) is 0 Å². The Bertz CT molecular complexity index is 1600. The van der Waals surface area contributed by atoms with Crippen molar-refractivity contribution in [3.63, 3.8) is 0 Å². The fraction of sp³-hybridized carbons (Fsp3) is 0.0833. The van der Waals surface area contributed by atoms with E-state index < -0.39 is 9.93 Å². The van der Waals surface area contributed by atoms with Gasteiger partial charge in [-0.2, -0.15) is 0 Å². The summed E-state index contributed by atoms with van der Waals surface area (Å²) in [5.74, 6) is 2.66. The van der Waals surface area contributed by atoms with Crippen molar-refractivity contribution in [1.29, 1.82) is 0 Å². The van der Waals surface area contributed by atoms with Crippen molar-refractivity contribution < 1.29 is 9.00 Å². The fourth-order valence-corrected chi connectivity index (χ4v) is 6.23. The van der Waals surface area contributed by atoms with E-state index >= 15 is 0 Å². The van der Waals surface area contributed by atoms with E-state index in [2.05, 4.69) is 40.3 Å². The van der Waals surface area contributed by atoms with Gasteiger partial charge in [-0.1, -0.05) is 101 Å². The Morgan fingerprint density at radius 2 is 1.07 bits per heavy atom. The second-order valence-electron chi connectivity index (χ2n) is 9.52. The predicted molar refractivity (Wildman–Crippen MR) is 164 cm³/mol. The first-order chi connectivity index (χ1) is 19.6. The van der Waals surface area contributed by atoms with E-state index in [1.165, 1.54) is 11.1 Å². The first kappa shape index (κ1) is 26.9. The highest BCUT2D eigenvalue weighted by Crippen LogP contribution is 2.24. The Morgan fingerprint density at radius 3 is 1.60 bits per heavy atom. The van der Waals surface area contributed by atoms with E-state index in [4.69, 9.17) is 0 Å². The molecule has 1 atom stereocenters. The molecule has 5 aromatic rings. The second kappa shape index (κ2) is 12.9. The maximum Gasteiger partial charge on any atom is 0.213 e. The normalized spacial score (nSPS) is 12.0. The molecule has 0 bridgehead atoms. The van der Waals surface area contributed by atoms with E-state index in [1.54, 1.807) is 12.1 Å². The summed E-state index contributed by atoms with van der Waals surface area (Å²) in [5.41, 5.74) is 4.71. The lowest BCUT2D eigenvalue weighted by Crippen LogP contribution is -2.23. The number of anilines is 1. The van der Waals surface area contributed by atoms with Gasteiger partial charge in [-0.25, -0.2) is 0 Å². The van der Waals surface area contributed by atoms with Gasteiger partial charge in [-0.05, 0) is 65.6 Å². The number of ketones is 1. The summed E-state index contributed by atoms with van der Waals surface area (Å²) in [6.45, 7) is 1.47. The summed E-state index contributed by atoms with van der Waals surface area (Å²) < 4.78 is 14.1. The fourth-order valence-electron chi connectivity index (χ4n) is 4.45. The largest absolute Gasteiger partial charge is 0.363 e. The summed E-state index contributed by atoms with van der Waals surface area (Å²) in [6.07, 6.45) is 0. The van der Waals surface area contributed by atoms with Gasteiger partial charge in [0.2, 0.25) is 15.7 Å². The molecular formula is C36H30NO2S+. The number of hydrogen-bond donors (Lipinski definition) is 0. The Morgan fingerprint density at radius 1 is 0.600 bits per heavy atom. The molecule has 0 heterocycles. The number of nitrogens with zero attached hydrogens (tertiary/aromatic N) is 1. The molecule has 196 valence electrons. The molecule has 0 spiro atoms. The van der Waals surface area contributed by atoms with Gasteiger partial charge >= 0.3 is 0 Å². The van der Waals surface area contributed by atoms with Crippen LogP contribution in [0.3, 0.4) is 0 Å². The van der Waals surface area contributed by atoms with Crippen LogP contribution in [-0.2, 0) is 27.2 Å². The minimum atomic E-state index is -2.94. The molecule has 0 aliphatic rings. The first-order valence-electron chi connectivity index (χ1n) is 13.2. The van der Waals surface area contributed by atoms with Crippen LogP contribution >= 0.6 is 0 Å². The third-order valence-electron chi connectivity index (χ3n) is 6.58. The first-order valence-corrected chi connectivity index (χ1v) is 14.9. The third-order valence-corrected chi connectivity index (χ3v) is 8.71. The maximum atomic E-state index is 14.1. The lowest BCUT2D eigenvalue weighted by atomic mass is 10.1. The van der Waals surface area contributed by atoms with Crippen LogP contribution in [0.4, 0.5) is 5.69 Å². The molecule has 0 amide bonds. The zero-order valence-corrected chi connectivity index (χ0v) is 23.0. The molecule has 1 unspecified atom stereocenters. The van der Waals surface area contributed by atoms with Crippen molar-refractivity contribution in [2.45, 2.75) is 18.0 Å². The second-order valence-corrected chi connectivity index (χ2v) is 11.8. The molecule has 3 nitrogen and oxygen atoms in total. The highest BCUT2D eigenvalue weighted by atomic mass is 32.2. The third kappa shape index (κ3) is 7.02. The van der Waals surface area contributed by atoms with Crippen LogP contribution < -0.4 is 4.90 Å². The van der Waals surface area contributed by atoms with Crippen molar-refractivity contribution in [3.05, 3.63) is 168 Å². The van der Waals surface area contributed by atoms with Gasteiger partial charge in [-0.15, -0.1) is 0 Å². The van der Waals surface area contributed by atoms with Crippen molar-refractivity contribution in [2.24, 2.45) is 0 Å². The average Bonchev–Trinajstić information content (AvgIpc) is 3.02. The molecule has 0 aliphatic carbocycles. The minimum Gasteiger partial charge on any atom is -0.363 e. The zero-order chi connectivity index (χ0) is 27.6. The molecular weight excluding hydrogens is 510 g/mol. The molecule has 0 saturated carbocycles. The van der Waals surface area contributed by atoms with E-state index in [9.17, 15) is 9.00 Å². The van der Waals surface area contributed by atoms with Crippen LogP contribution in [-0.4, -0.2) is 11.5 Å². The standard InChI is InChI=1S/C36H30NO2S/c38-36(29-40(39,35-19-11-4-12-20-35)26-25-30-13-5-1-6-14-30)33-21-23-34(24-22-33)37(27-31-15-7-2-8-16-31)28-32-17-9-3-10-18-32/h1-24H,27-29H2/q+1. The van der Waals surface area contributed by atoms with Gasteiger partial charge in [0.15, 0.2) is 15.9 Å². The molecule has 4 heteroatoms. The monoisotopic (exact) mass is 540 g/mol. The summed E-state index contributed by atoms with van der Waals surface area (Å²) >= 11 is 0. The van der Waals surface area contributed by atoms with E-state index in [0.29, 0.717) is 10.5 Å². The van der Waals surface area contributed by atoms with Crippen LogP contribution in [0.25, 0.3) is 0 Å². The van der Waals surface area contributed by atoms with E-state index in [0.717, 1.165) is 24.3 Å². The number of rotatable bonds is 9. The molecule has 0 fully saturated rings. The highest BCUT2D eigenvalue weighted by molar-refractivity contribution is 8.07. The number of benzene rings is 5. The van der Waals surface area contributed by atoms with Crippen molar-refractivity contribution in [3.8, 4) is 11.2 Å². The van der Waals surface area contributed by atoms with Gasteiger partial charge in [0, 0.05) is 29.9 Å². The van der Waals surface area contributed by atoms with Crippen molar-refractivity contribution >= 4 is 21.4 Å².